The van der Waals surface area contributed by atoms with E-state index in [4.69, 9.17) is 4.74 Å². The molecule has 0 aromatic heterocycles. The number of carbonyl (C=O) groups excluding carboxylic acids is 5. The Balaban J connectivity index is 1.63. The highest BCUT2D eigenvalue weighted by Crippen LogP contribution is 2.27. The SMILES string of the molecule is COc1ccc(C(=O)N2CCCCNC(=O)[C@@H](C)NC(=O)[C@H](CC(C)C)NC(=O)[C@@H](Cc3ccccc3)NC(=O)c3ccc(cc3)C2)cc1O. The molecular formula is C38H47N5O7. The average molecular weight is 686 g/mol. The van der Waals surface area contributed by atoms with Crippen molar-refractivity contribution in [1.82, 2.24) is 26.2 Å². The lowest BCUT2D eigenvalue weighted by Gasteiger charge is -2.25. The summed E-state index contributed by atoms with van der Waals surface area (Å²) >= 11 is 0. The van der Waals surface area contributed by atoms with Crippen LogP contribution in [0.1, 0.15) is 71.9 Å². The number of methoxy groups -OCH3 is 1. The summed E-state index contributed by atoms with van der Waals surface area (Å²) in [4.78, 5) is 68.8. The molecule has 12 heteroatoms. The lowest BCUT2D eigenvalue weighted by molar-refractivity contribution is -0.132. The number of rotatable bonds is 6. The second kappa shape index (κ2) is 17.8. The molecule has 2 heterocycles. The number of phenols is 1. The van der Waals surface area contributed by atoms with Gasteiger partial charge in [-0.2, -0.15) is 0 Å². The molecular weight excluding hydrogens is 638 g/mol. The first-order valence-electron chi connectivity index (χ1n) is 16.9. The Morgan fingerprint density at radius 2 is 1.58 bits per heavy atom. The summed E-state index contributed by atoms with van der Waals surface area (Å²) < 4.78 is 5.12. The van der Waals surface area contributed by atoms with Crippen LogP contribution < -0.4 is 26.0 Å². The Hall–Kier alpha value is -5.39. The monoisotopic (exact) mass is 685 g/mol. The van der Waals surface area contributed by atoms with Crippen LogP contribution in [-0.4, -0.2) is 77.9 Å². The Kier molecular flexibility index (Phi) is 13.4. The van der Waals surface area contributed by atoms with Crippen molar-refractivity contribution >= 4 is 29.5 Å². The van der Waals surface area contributed by atoms with Crippen LogP contribution >= 0.6 is 0 Å². The smallest absolute Gasteiger partial charge is 0.254 e. The van der Waals surface area contributed by atoms with E-state index in [2.05, 4.69) is 21.3 Å². The third kappa shape index (κ3) is 10.6. The standard InChI is InChI=1S/C38H47N5O7/c1-24(2)20-30-36(47)40-25(3)34(45)39-18-8-9-19-43(38(49)29-16-17-33(50-4)32(44)22-29)23-27-12-14-28(15-13-27)35(46)41-31(37(48)42-30)21-26-10-6-5-7-11-26/h5-7,10-17,22,24-25,30-31,44H,8-9,18-21,23H2,1-4H3,(H,39,45)(H,40,47)(H,41,46)(H,42,48)/t25-,30+,31-/m1/s1. The first-order chi connectivity index (χ1) is 23.9. The van der Waals surface area contributed by atoms with Gasteiger partial charge in [-0.3, -0.25) is 24.0 Å². The van der Waals surface area contributed by atoms with Gasteiger partial charge < -0.3 is 36.0 Å². The third-order valence-corrected chi connectivity index (χ3v) is 8.45. The van der Waals surface area contributed by atoms with Gasteiger partial charge in [-0.25, -0.2) is 0 Å². The Bertz CT molecular complexity index is 1640. The second-order valence-corrected chi connectivity index (χ2v) is 12.9. The zero-order valence-corrected chi connectivity index (χ0v) is 29.0. The predicted octanol–water partition coefficient (Wildman–Crippen LogP) is 3.33. The van der Waals surface area contributed by atoms with Crippen molar-refractivity contribution < 1.29 is 33.8 Å². The molecule has 5 amide bonds. The zero-order chi connectivity index (χ0) is 36.2. The van der Waals surface area contributed by atoms with Crippen LogP contribution in [0.2, 0.25) is 0 Å². The molecule has 50 heavy (non-hydrogen) atoms. The van der Waals surface area contributed by atoms with Gasteiger partial charge in [0.25, 0.3) is 11.8 Å². The third-order valence-electron chi connectivity index (χ3n) is 8.45. The van der Waals surface area contributed by atoms with Gasteiger partial charge in [-0.15, -0.1) is 0 Å². The maximum Gasteiger partial charge on any atom is 0.254 e. The Morgan fingerprint density at radius 1 is 0.880 bits per heavy atom. The topological polar surface area (TPSA) is 166 Å². The van der Waals surface area contributed by atoms with Crippen molar-refractivity contribution in [3.8, 4) is 11.5 Å². The molecule has 0 saturated carbocycles. The van der Waals surface area contributed by atoms with Gasteiger partial charge in [0.15, 0.2) is 11.5 Å². The number of nitrogens with zero attached hydrogens (tertiary/aromatic N) is 1. The van der Waals surface area contributed by atoms with E-state index in [0.29, 0.717) is 37.9 Å². The minimum absolute atomic E-state index is 0.0483. The van der Waals surface area contributed by atoms with Gasteiger partial charge >= 0.3 is 0 Å². The molecule has 0 unspecified atom stereocenters. The molecule has 2 bridgehead atoms. The molecule has 0 fully saturated rings. The van der Waals surface area contributed by atoms with Gasteiger partial charge in [0.1, 0.15) is 18.1 Å². The summed E-state index contributed by atoms with van der Waals surface area (Å²) in [6.07, 6.45) is 1.62. The summed E-state index contributed by atoms with van der Waals surface area (Å²) in [5.41, 5.74) is 2.18. The number of amides is 5. The van der Waals surface area contributed by atoms with Gasteiger partial charge in [0.2, 0.25) is 17.7 Å². The maximum atomic E-state index is 13.7. The van der Waals surface area contributed by atoms with E-state index in [0.717, 1.165) is 11.1 Å². The molecule has 2 aliphatic heterocycles. The number of hydrogen-bond donors (Lipinski definition) is 5. The molecule has 5 rings (SSSR count). The quantitative estimate of drug-likeness (QED) is 0.248. The minimum atomic E-state index is -1.00. The molecule has 5 N–H and O–H groups in total. The van der Waals surface area contributed by atoms with Crippen LogP contribution in [0.15, 0.2) is 72.8 Å². The van der Waals surface area contributed by atoms with Crippen molar-refractivity contribution in [1.29, 1.82) is 0 Å². The van der Waals surface area contributed by atoms with E-state index in [1.54, 1.807) is 42.2 Å². The molecule has 3 aromatic rings. The van der Waals surface area contributed by atoms with E-state index >= 15 is 0 Å². The van der Waals surface area contributed by atoms with Crippen LogP contribution in [0.5, 0.6) is 11.5 Å². The van der Waals surface area contributed by atoms with Crippen LogP contribution in [0.4, 0.5) is 0 Å². The number of ether oxygens (including phenoxy) is 1. The minimum Gasteiger partial charge on any atom is -0.504 e. The molecule has 0 spiro atoms. The molecule has 12 nitrogen and oxygen atoms in total. The van der Waals surface area contributed by atoms with Crippen molar-refractivity contribution in [2.45, 2.75) is 71.1 Å². The first kappa shape index (κ1) is 37.4. The van der Waals surface area contributed by atoms with Gasteiger partial charge in [0, 0.05) is 37.2 Å². The van der Waals surface area contributed by atoms with E-state index < -0.39 is 35.8 Å². The molecule has 0 saturated heterocycles. The largest absolute Gasteiger partial charge is 0.504 e. The van der Waals surface area contributed by atoms with Crippen molar-refractivity contribution in [3.63, 3.8) is 0 Å². The maximum absolute atomic E-state index is 13.7. The average Bonchev–Trinajstić information content (AvgIpc) is 3.10. The fraction of sp³-hybridized carbons (Fsp3) is 0.395. The fourth-order valence-corrected chi connectivity index (χ4v) is 5.69. The van der Waals surface area contributed by atoms with E-state index in [9.17, 15) is 29.1 Å². The first-order valence-corrected chi connectivity index (χ1v) is 16.9. The second-order valence-electron chi connectivity index (χ2n) is 12.9. The van der Waals surface area contributed by atoms with Crippen LogP contribution in [0, 0.1) is 5.92 Å². The van der Waals surface area contributed by atoms with Gasteiger partial charge in [-0.05, 0) is 73.6 Å². The summed E-state index contributed by atoms with van der Waals surface area (Å²) in [5, 5.41) is 21.5. The fourth-order valence-electron chi connectivity index (χ4n) is 5.69. The highest BCUT2D eigenvalue weighted by molar-refractivity contribution is 5.99. The lowest BCUT2D eigenvalue weighted by Crippen LogP contribution is -2.57. The molecule has 3 atom stereocenters. The van der Waals surface area contributed by atoms with Crippen molar-refractivity contribution in [2.75, 3.05) is 20.2 Å². The molecule has 3 aromatic carbocycles. The van der Waals surface area contributed by atoms with Gasteiger partial charge in [0.05, 0.1) is 7.11 Å². The number of aromatic hydroxyl groups is 1. The number of fused-ring (bicyclic) bond motifs is 18. The van der Waals surface area contributed by atoms with Crippen molar-refractivity contribution in [2.24, 2.45) is 5.92 Å². The molecule has 2 aliphatic rings. The van der Waals surface area contributed by atoms with Crippen LogP contribution in [0.25, 0.3) is 0 Å². The summed E-state index contributed by atoms with van der Waals surface area (Å²) in [5.74, 6) is -2.05. The van der Waals surface area contributed by atoms with Crippen LogP contribution in [-0.2, 0) is 27.3 Å². The van der Waals surface area contributed by atoms with E-state index in [-0.39, 0.29) is 47.8 Å². The Labute approximate surface area is 293 Å². The lowest BCUT2D eigenvalue weighted by atomic mass is 10.0. The predicted molar refractivity (Wildman–Crippen MR) is 188 cm³/mol. The summed E-state index contributed by atoms with van der Waals surface area (Å²) in [6.45, 7) is 6.32. The number of carbonyl (C=O) groups is 5. The molecule has 266 valence electrons. The molecule has 0 aliphatic carbocycles. The van der Waals surface area contributed by atoms with E-state index in [1.807, 2.05) is 44.2 Å². The summed E-state index contributed by atoms with van der Waals surface area (Å²) in [6, 6.07) is 17.7. The highest BCUT2D eigenvalue weighted by Gasteiger charge is 2.29. The zero-order valence-electron chi connectivity index (χ0n) is 29.0. The normalized spacial score (nSPS) is 19.9. The number of phenolic OH excluding ortho intramolecular Hbond substituents is 1. The number of nitrogens with one attached hydrogen (secondary N) is 4. The van der Waals surface area contributed by atoms with Crippen molar-refractivity contribution in [3.05, 3.63) is 95.1 Å². The van der Waals surface area contributed by atoms with Crippen LogP contribution in [0.3, 0.4) is 0 Å². The number of benzene rings is 3. The number of hydrogen-bond acceptors (Lipinski definition) is 7. The Morgan fingerprint density at radius 3 is 2.24 bits per heavy atom. The van der Waals surface area contributed by atoms with Gasteiger partial charge in [-0.1, -0.05) is 56.3 Å². The highest BCUT2D eigenvalue weighted by atomic mass is 16.5. The molecule has 0 radical (unpaired) electrons. The van der Waals surface area contributed by atoms with E-state index in [1.165, 1.54) is 19.2 Å². The summed E-state index contributed by atoms with van der Waals surface area (Å²) in [7, 11) is 1.43.